The Morgan fingerprint density at radius 2 is 2.14 bits per heavy atom. The zero-order valence-corrected chi connectivity index (χ0v) is 17.9. The van der Waals surface area contributed by atoms with E-state index >= 15 is 0 Å². The van der Waals surface area contributed by atoms with Crippen LogP contribution in [0.15, 0.2) is 29.2 Å². The second kappa shape index (κ2) is 11.0. The van der Waals surface area contributed by atoms with Gasteiger partial charge < -0.3 is 5.32 Å². The third kappa shape index (κ3) is 6.60. The van der Waals surface area contributed by atoms with Crippen molar-refractivity contribution in [3.63, 3.8) is 0 Å². The second-order valence-electron chi connectivity index (χ2n) is 6.56. The molecule has 1 fully saturated rings. The Balaban J connectivity index is 1.87. The van der Waals surface area contributed by atoms with Crippen molar-refractivity contribution in [1.82, 2.24) is 15.1 Å². The SMILES string of the molecule is CCN(CC(=O)NCCN1C(=O)S/C(=C\c2ccccc2Cl)C1=O)C[C@H](C)C#N. The Morgan fingerprint density at radius 3 is 2.79 bits per heavy atom. The van der Waals surface area contributed by atoms with Crippen molar-refractivity contribution in [3.05, 3.63) is 39.8 Å². The van der Waals surface area contributed by atoms with Crippen molar-refractivity contribution in [3.8, 4) is 6.07 Å². The number of halogens is 1. The van der Waals surface area contributed by atoms with E-state index < -0.39 is 5.91 Å². The zero-order chi connectivity index (χ0) is 21.4. The van der Waals surface area contributed by atoms with E-state index in [9.17, 15) is 14.4 Å². The van der Waals surface area contributed by atoms with Crippen molar-refractivity contribution in [1.29, 1.82) is 5.26 Å². The molecule has 0 unspecified atom stereocenters. The monoisotopic (exact) mass is 434 g/mol. The number of hydrogen-bond acceptors (Lipinski definition) is 6. The van der Waals surface area contributed by atoms with Crippen LogP contribution in [-0.2, 0) is 9.59 Å². The van der Waals surface area contributed by atoms with E-state index in [0.717, 1.165) is 16.7 Å². The van der Waals surface area contributed by atoms with Crippen molar-refractivity contribution >= 4 is 46.5 Å². The summed E-state index contributed by atoms with van der Waals surface area (Å²) in [4.78, 5) is 40.1. The van der Waals surface area contributed by atoms with Gasteiger partial charge in [0.1, 0.15) is 0 Å². The Kier molecular flexibility index (Phi) is 8.70. The molecule has 7 nitrogen and oxygen atoms in total. The minimum atomic E-state index is -0.396. The fraction of sp³-hybridized carbons (Fsp3) is 0.400. The van der Waals surface area contributed by atoms with Crippen molar-refractivity contribution in [2.75, 3.05) is 32.7 Å². The lowest BCUT2D eigenvalue weighted by Gasteiger charge is -2.21. The Hall–Kier alpha value is -2.34. The van der Waals surface area contributed by atoms with Gasteiger partial charge in [0.15, 0.2) is 0 Å². The fourth-order valence-electron chi connectivity index (χ4n) is 2.73. The van der Waals surface area contributed by atoms with Crippen LogP contribution in [0.25, 0.3) is 6.08 Å². The topological polar surface area (TPSA) is 93.5 Å². The number of carbonyl (C=O) groups is 3. The molecule has 1 aromatic carbocycles. The lowest BCUT2D eigenvalue weighted by Crippen LogP contribution is -2.42. The molecule has 9 heteroatoms. The number of nitrogens with one attached hydrogen (secondary N) is 1. The fourth-order valence-corrected chi connectivity index (χ4v) is 3.77. The Morgan fingerprint density at radius 1 is 1.41 bits per heavy atom. The summed E-state index contributed by atoms with van der Waals surface area (Å²) >= 11 is 6.96. The van der Waals surface area contributed by atoms with E-state index in [1.54, 1.807) is 37.3 Å². The van der Waals surface area contributed by atoms with Crippen LogP contribution in [0, 0.1) is 17.2 Å². The molecular weight excluding hydrogens is 412 g/mol. The molecule has 3 amide bonds. The smallest absolute Gasteiger partial charge is 0.293 e. The molecule has 154 valence electrons. The summed E-state index contributed by atoms with van der Waals surface area (Å²) in [6.45, 7) is 5.31. The minimum absolute atomic E-state index is 0.0942. The number of likely N-dealkylation sites (N-methyl/N-ethyl adjacent to an activating group) is 1. The maximum Gasteiger partial charge on any atom is 0.293 e. The molecule has 0 spiro atoms. The highest BCUT2D eigenvalue weighted by atomic mass is 35.5. The number of rotatable bonds is 9. The van der Waals surface area contributed by atoms with Gasteiger partial charge in [-0.15, -0.1) is 0 Å². The molecule has 1 atom stereocenters. The number of amides is 3. The summed E-state index contributed by atoms with van der Waals surface area (Å²) in [6, 6.07) is 9.21. The number of thioether (sulfide) groups is 1. The largest absolute Gasteiger partial charge is 0.353 e. The van der Waals surface area contributed by atoms with Gasteiger partial charge in [0, 0.05) is 24.7 Å². The van der Waals surface area contributed by atoms with Gasteiger partial charge in [0.25, 0.3) is 11.1 Å². The van der Waals surface area contributed by atoms with Gasteiger partial charge in [-0.05, 0) is 42.9 Å². The summed E-state index contributed by atoms with van der Waals surface area (Å²) < 4.78 is 0. The van der Waals surface area contributed by atoms with Crippen molar-refractivity contribution < 1.29 is 14.4 Å². The first-order valence-corrected chi connectivity index (χ1v) is 10.4. The Bertz CT molecular complexity index is 852. The molecule has 29 heavy (non-hydrogen) atoms. The van der Waals surface area contributed by atoms with Gasteiger partial charge in [0.05, 0.1) is 23.4 Å². The molecule has 1 saturated heterocycles. The summed E-state index contributed by atoms with van der Waals surface area (Å²) in [7, 11) is 0. The van der Waals surface area contributed by atoms with Gasteiger partial charge in [-0.3, -0.25) is 24.2 Å². The molecule has 0 aromatic heterocycles. The highest BCUT2D eigenvalue weighted by Gasteiger charge is 2.34. The minimum Gasteiger partial charge on any atom is -0.353 e. The van der Waals surface area contributed by atoms with Crippen LogP contribution >= 0.6 is 23.4 Å². The molecule has 0 aliphatic carbocycles. The second-order valence-corrected chi connectivity index (χ2v) is 7.96. The number of carbonyl (C=O) groups excluding carboxylic acids is 3. The summed E-state index contributed by atoms with van der Waals surface area (Å²) in [5.74, 6) is -0.772. The van der Waals surface area contributed by atoms with Gasteiger partial charge in [-0.1, -0.05) is 36.7 Å². The van der Waals surface area contributed by atoms with E-state index in [4.69, 9.17) is 16.9 Å². The maximum atomic E-state index is 12.5. The van der Waals surface area contributed by atoms with Gasteiger partial charge in [0.2, 0.25) is 5.91 Å². The van der Waals surface area contributed by atoms with Crippen LogP contribution in [0.3, 0.4) is 0 Å². The predicted octanol–water partition coefficient (Wildman–Crippen LogP) is 2.97. The number of nitrogens with zero attached hydrogens (tertiary/aromatic N) is 3. The quantitative estimate of drug-likeness (QED) is 0.600. The van der Waals surface area contributed by atoms with E-state index in [0.29, 0.717) is 28.6 Å². The average Bonchev–Trinajstić information content (AvgIpc) is 2.96. The Labute approximate surface area is 179 Å². The maximum absolute atomic E-state index is 12.5. The van der Waals surface area contributed by atoms with E-state index in [1.165, 1.54) is 0 Å². The number of hydrogen-bond donors (Lipinski definition) is 1. The van der Waals surface area contributed by atoms with Gasteiger partial charge >= 0.3 is 0 Å². The number of benzene rings is 1. The van der Waals surface area contributed by atoms with Crippen LogP contribution in [-0.4, -0.2) is 59.6 Å². The molecule has 0 radical (unpaired) electrons. The molecule has 1 aliphatic rings. The highest BCUT2D eigenvalue weighted by molar-refractivity contribution is 8.18. The first kappa shape index (κ1) is 22.9. The summed E-state index contributed by atoms with van der Waals surface area (Å²) in [5.41, 5.74) is 0.666. The van der Waals surface area contributed by atoms with Crippen LogP contribution < -0.4 is 5.32 Å². The van der Waals surface area contributed by atoms with Crippen molar-refractivity contribution in [2.45, 2.75) is 13.8 Å². The highest BCUT2D eigenvalue weighted by Crippen LogP contribution is 2.33. The van der Waals surface area contributed by atoms with E-state index in [2.05, 4.69) is 11.4 Å². The molecule has 0 bridgehead atoms. The first-order valence-electron chi connectivity index (χ1n) is 9.24. The summed E-state index contributed by atoms with van der Waals surface area (Å²) in [5, 5.41) is 11.7. The third-order valence-electron chi connectivity index (χ3n) is 4.29. The molecule has 2 rings (SSSR count). The van der Waals surface area contributed by atoms with E-state index in [1.807, 2.05) is 11.8 Å². The van der Waals surface area contributed by atoms with Crippen LogP contribution in [0.5, 0.6) is 0 Å². The first-order chi connectivity index (χ1) is 13.8. The predicted molar refractivity (Wildman–Crippen MR) is 114 cm³/mol. The standard InChI is InChI=1S/C20H23ClN4O3S/c1-3-24(12-14(2)11-22)13-18(26)23-8-9-25-19(27)17(29-20(25)28)10-15-6-4-5-7-16(15)21/h4-7,10,14H,3,8-9,12-13H2,1-2H3,(H,23,26)/b17-10-/t14-/m1/s1. The van der Waals surface area contributed by atoms with Gasteiger partial charge in [-0.2, -0.15) is 5.26 Å². The zero-order valence-electron chi connectivity index (χ0n) is 16.4. The average molecular weight is 435 g/mol. The van der Waals surface area contributed by atoms with E-state index in [-0.39, 0.29) is 36.7 Å². The molecule has 1 aliphatic heterocycles. The van der Waals surface area contributed by atoms with Crippen LogP contribution in [0.1, 0.15) is 19.4 Å². The molecular formula is C20H23ClN4O3S. The molecule has 1 N–H and O–H groups in total. The molecule has 1 heterocycles. The molecule has 0 saturated carbocycles. The number of imide groups is 1. The molecule has 1 aromatic rings. The third-order valence-corrected chi connectivity index (χ3v) is 5.54. The van der Waals surface area contributed by atoms with Crippen LogP contribution in [0.2, 0.25) is 5.02 Å². The van der Waals surface area contributed by atoms with Gasteiger partial charge in [-0.25, -0.2) is 0 Å². The lowest BCUT2D eigenvalue weighted by molar-refractivity contribution is -0.124. The normalized spacial score (nSPS) is 16.4. The van der Waals surface area contributed by atoms with Crippen molar-refractivity contribution in [2.24, 2.45) is 5.92 Å². The number of nitriles is 1. The summed E-state index contributed by atoms with van der Waals surface area (Å²) in [6.07, 6.45) is 1.60. The van der Waals surface area contributed by atoms with Crippen LogP contribution in [0.4, 0.5) is 4.79 Å². The lowest BCUT2D eigenvalue weighted by atomic mass is 10.2.